The van der Waals surface area contributed by atoms with Gasteiger partial charge in [-0.05, 0) is 30.7 Å². The van der Waals surface area contributed by atoms with Gasteiger partial charge in [0.1, 0.15) is 5.82 Å². The molecule has 0 bridgehead atoms. The molecule has 2 aromatic rings. The first kappa shape index (κ1) is 17.7. The summed E-state index contributed by atoms with van der Waals surface area (Å²) in [5.41, 5.74) is 2.20. The molecule has 5 nitrogen and oxygen atoms in total. The van der Waals surface area contributed by atoms with Crippen molar-refractivity contribution in [2.45, 2.75) is 19.4 Å². The number of piperazine rings is 1. The Kier molecular flexibility index (Phi) is 4.66. The van der Waals surface area contributed by atoms with Crippen LogP contribution in [0.15, 0.2) is 48.5 Å². The second kappa shape index (κ2) is 7.12. The number of hydrogen-bond acceptors (Lipinski definition) is 3. The number of nitrogens with zero attached hydrogens (tertiary/aromatic N) is 2. The van der Waals surface area contributed by atoms with E-state index in [2.05, 4.69) is 0 Å². The fourth-order valence-electron chi connectivity index (χ4n) is 4.11. The minimum atomic E-state index is -0.347. The molecule has 2 aliphatic rings. The second-order valence-corrected chi connectivity index (χ2v) is 7.21. The summed E-state index contributed by atoms with van der Waals surface area (Å²) >= 11 is 0. The summed E-state index contributed by atoms with van der Waals surface area (Å²) in [5.74, 6) is -0.481. The van der Waals surface area contributed by atoms with Crippen molar-refractivity contribution in [2.75, 3.05) is 36.0 Å². The standard InChI is InChI=1S/C21H22FN3O2/c1-15-6-2-4-8-17(15)25-20(26)14-19(21(25)27)24-12-10-23(11-13-24)18-9-5-3-7-16(18)22/h2-9,19H,10-14H2,1H3/p+1/t19-/m0/s1. The van der Waals surface area contributed by atoms with E-state index in [1.807, 2.05) is 42.2 Å². The van der Waals surface area contributed by atoms with Crippen LogP contribution in [-0.4, -0.2) is 44.0 Å². The summed E-state index contributed by atoms with van der Waals surface area (Å²) < 4.78 is 14.0. The number of anilines is 2. The average molecular weight is 368 g/mol. The van der Waals surface area contributed by atoms with Gasteiger partial charge in [-0.1, -0.05) is 30.3 Å². The number of carbonyl (C=O) groups is 2. The maximum absolute atomic E-state index is 14.0. The van der Waals surface area contributed by atoms with E-state index in [0.717, 1.165) is 10.5 Å². The highest BCUT2D eigenvalue weighted by Crippen LogP contribution is 2.25. The number of para-hydroxylation sites is 2. The van der Waals surface area contributed by atoms with Gasteiger partial charge in [-0.3, -0.25) is 9.59 Å². The van der Waals surface area contributed by atoms with Gasteiger partial charge in [-0.2, -0.15) is 0 Å². The Hall–Kier alpha value is -2.73. The molecule has 1 N–H and O–H groups in total. The van der Waals surface area contributed by atoms with Gasteiger partial charge < -0.3 is 9.80 Å². The summed E-state index contributed by atoms with van der Waals surface area (Å²) in [7, 11) is 0. The van der Waals surface area contributed by atoms with Crippen LogP contribution in [0.3, 0.4) is 0 Å². The van der Waals surface area contributed by atoms with Gasteiger partial charge in [-0.15, -0.1) is 0 Å². The molecule has 2 amide bonds. The van der Waals surface area contributed by atoms with Crippen LogP contribution in [0.4, 0.5) is 15.8 Å². The number of imide groups is 1. The van der Waals surface area contributed by atoms with Crippen molar-refractivity contribution in [2.24, 2.45) is 0 Å². The lowest BCUT2D eigenvalue weighted by molar-refractivity contribution is -0.915. The zero-order valence-corrected chi connectivity index (χ0v) is 15.3. The molecule has 2 heterocycles. The Balaban J connectivity index is 1.46. The van der Waals surface area contributed by atoms with Gasteiger partial charge in [0.25, 0.3) is 5.91 Å². The van der Waals surface area contributed by atoms with E-state index in [4.69, 9.17) is 0 Å². The molecule has 0 aromatic heterocycles. The molecule has 2 aliphatic heterocycles. The van der Waals surface area contributed by atoms with Crippen LogP contribution < -0.4 is 14.7 Å². The van der Waals surface area contributed by atoms with Crippen molar-refractivity contribution in [3.05, 3.63) is 59.9 Å². The Labute approximate surface area is 158 Å². The molecule has 0 saturated carbocycles. The van der Waals surface area contributed by atoms with Gasteiger partial charge in [0.2, 0.25) is 5.91 Å². The van der Waals surface area contributed by atoms with Crippen LogP contribution in [0.5, 0.6) is 0 Å². The van der Waals surface area contributed by atoms with Crippen LogP contribution >= 0.6 is 0 Å². The second-order valence-electron chi connectivity index (χ2n) is 7.21. The molecule has 6 heteroatoms. The maximum Gasteiger partial charge on any atom is 0.292 e. The minimum Gasteiger partial charge on any atom is -0.358 e. The number of amides is 2. The number of quaternary nitrogens is 1. The van der Waals surface area contributed by atoms with Crippen molar-refractivity contribution in [1.29, 1.82) is 0 Å². The smallest absolute Gasteiger partial charge is 0.292 e. The lowest BCUT2D eigenvalue weighted by Crippen LogP contribution is -3.19. The fourth-order valence-corrected chi connectivity index (χ4v) is 4.11. The molecule has 140 valence electrons. The van der Waals surface area contributed by atoms with E-state index in [1.165, 1.54) is 11.0 Å². The van der Waals surface area contributed by atoms with Crippen LogP contribution in [0, 0.1) is 12.7 Å². The monoisotopic (exact) mass is 368 g/mol. The molecule has 1 atom stereocenters. The van der Waals surface area contributed by atoms with E-state index in [-0.39, 0.29) is 30.1 Å². The highest BCUT2D eigenvalue weighted by molar-refractivity contribution is 6.22. The largest absolute Gasteiger partial charge is 0.358 e. The van der Waals surface area contributed by atoms with E-state index in [0.29, 0.717) is 37.6 Å². The molecule has 2 fully saturated rings. The molecule has 0 unspecified atom stereocenters. The van der Waals surface area contributed by atoms with E-state index < -0.39 is 0 Å². The highest BCUT2D eigenvalue weighted by atomic mass is 19.1. The maximum atomic E-state index is 14.0. The van der Waals surface area contributed by atoms with Crippen molar-refractivity contribution in [1.82, 2.24) is 0 Å². The Bertz CT molecular complexity index is 877. The molecule has 4 rings (SSSR count). The number of aryl methyl sites for hydroxylation is 1. The molecular formula is C21H23FN3O2+. The van der Waals surface area contributed by atoms with Gasteiger partial charge in [0.15, 0.2) is 6.04 Å². The first-order valence-corrected chi connectivity index (χ1v) is 9.33. The number of nitrogens with one attached hydrogen (secondary N) is 1. The quantitative estimate of drug-likeness (QED) is 0.828. The van der Waals surface area contributed by atoms with E-state index in [9.17, 15) is 14.0 Å². The molecule has 27 heavy (non-hydrogen) atoms. The molecule has 0 spiro atoms. The molecule has 2 aromatic carbocycles. The van der Waals surface area contributed by atoms with Crippen LogP contribution in [0.1, 0.15) is 12.0 Å². The summed E-state index contributed by atoms with van der Waals surface area (Å²) in [6.07, 6.45) is 0.238. The molecule has 0 radical (unpaired) electrons. The summed E-state index contributed by atoms with van der Waals surface area (Å²) in [5, 5.41) is 0. The summed E-state index contributed by atoms with van der Waals surface area (Å²) in [6.45, 7) is 4.65. The predicted molar refractivity (Wildman–Crippen MR) is 101 cm³/mol. The highest BCUT2D eigenvalue weighted by Gasteiger charge is 2.46. The van der Waals surface area contributed by atoms with Gasteiger partial charge in [0.05, 0.1) is 44.0 Å². The third-order valence-corrected chi connectivity index (χ3v) is 5.59. The Morgan fingerprint density at radius 3 is 2.26 bits per heavy atom. The first-order valence-electron chi connectivity index (χ1n) is 9.33. The fraction of sp³-hybridized carbons (Fsp3) is 0.333. The summed E-state index contributed by atoms with van der Waals surface area (Å²) in [4.78, 5) is 30.0. The number of halogens is 1. The third kappa shape index (κ3) is 3.21. The van der Waals surface area contributed by atoms with Gasteiger partial charge in [0, 0.05) is 0 Å². The van der Waals surface area contributed by atoms with Crippen LogP contribution in [0.25, 0.3) is 0 Å². The zero-order valence-electron chi connectivity index (χ0n) is 15.3. The van der Waals surface area contributed by atoms with Gasteiger partial charge >= 0.3 is 0 Å². The lowest BCUT2D eigenvalue weighted by atomic mass is 10.1. The number of hydrogen-bond donors (Lipinski definition) is 1. The third-order valence-electron chi connectivity index (χ3n) is 5.59. The summed E-state index contributed by atoms with van der Waals surface area (Å²) in [6, 6.07) is 13.9. The SMILES string of the molecule is Cc1ccccc1N1C(=O)C[C@H]([NH+]2CCN(c3ccccc3F)CC2)C1=O. The van der Waals surface area contributed by atoms with Crippen LogP contribution in [0.2, 0.25) is 0 Å². The van der Waals surface area contributed by atoms with Crippen molar-refractivity contribution >= 4 is 23.2 Å². The zero-order chi connectivity index (χ0) is 19.0. The van der Waals surface area contributed by atoms with Crippen molar-refractivity contribution in [3.63, 3.8) is 0 Å². The number of rotatable bonds is 3. The minimum absolute atomic E-state index is 0.122. The molecule has 2 saturated heterocycles. The Morgan fingerprint density at radius 2 is 1.59 bits per heavy atom. The van der Waals surface area contributed by atoms with Crippen molar-refractivity contribution in [3.8, 4) is 0 Å². The van der Waals surface area contributed by atoms with E-state index in [1.54, 1.807) is 12.1 Å². The first-order chi connectivity index (χ1) is 13.1. The lowest BCUT2D eigenvalue weighted by Gasteiger charge is -2.35. The predicted octanol–water partition coefficient (Wildman–Crippen LogP) is 1.17. The Morgan fingerprint density at radius 1 is 0.963 bits per heavy atom. The average Bonchev–Trinajstić information content (AvgIpc) is 2.97. The van der Waals surface area contributed by atoms with Gasteiger partial charge in [-0.25, -0.2) is 9.29 Å². The number of benzene rings is 2. The molecule has 0 aliphatic carbocycles. The van der Waals surface area contributed by atoms with Crippen LogP contribution in [-0.2, 0) is 9.59 Å². The van der Waals surface area contributed by atoms with Crippen molar-refractivity contribution < 1.29 is 18.9 Å². The van der Waals surface area contributed by atoms with E-state index >= 15 is 0 Å². The number of carbonyl (C=O) groups excluding carboxylic acids is 2. The normalized spacial score (nSPS) is 21.2. The molecular weight excluding hydrogens is 345 g/mol. The topological polar surface area (TPSA) is 45.1 Å².